The van der Waals surface area contributed by atoms with Crippen molar-refractivity contribution in [3.05, 3.63) is 97.1 Å². The lowest BCUT2D eigenvalue weighted by Gasteiger charge is -2.34. The average Bonchev–Trinajstić information content (AvgIpc) is 2.56. The van der Waals surface area contributed by atoms with E-state index in [0.717, 1.165) is 26.2 Å². The molecule has 0 heterocycles. The first-order valence-electron chi connectivity index (χ1n) is 7.63. The monoisotopic (exact) mass is 292 g/mol. The molecule has 2 heteroatoms. The summed E-state index contributed by atoms with van der Waals surface area (Å²) in [4.78, 5) is 0. The lowest BCUT2D eigenvalue weighted by molar-refractivity contribution is -0.0213. The molecule has 0 unspecified atom stereocenters. The summed E-state index contributed by atoms with van der Waals surface area (Å²) in [5.74, 6) is 0. The predicted octanol–water partition coefficient (Wildman–Crippen LogP) is 4.28. The first-order valence-corrected chi connectivity index (χ1v) is 7.63. The molecule has 0 bridgehead atoms. The van der Waals surface area contributed by atoms with E-state index < -0.39 is 0 Å². The quantitative estimate of drug-likeness (QED) is 0.503. The molecule has 0 N–H and O–H groups in total. The minimum atomic E-state index is 0.811. The summed E-state index contributed by atoms with van der Waals surface area (Å²) in [5, 5.41) is 4.63. The number of hydrogen-bond donors (Lipinski definition) is 0. The molecule has 22 heavy (non-hydrogen) atoms. The molecule has 0 aliphatic carbocycles. The molecule has 2 aromatic carbocycles. The summed E-state index contributed by atoms with van der Waals surface area (Å²) in [6, 6.07) is 21.1. The van der Waals surface area contributed by atoms with Crippen molar-refractivity contribution in [2.24, 2.45) is 0 Å². The summed E-state index contributed by atoms with van der Waals surface area (Å²) in [6.45, 7) is 11.1. The zero-order valence-electron chi connectivity index (χ0n) is 13.1. The highest BCUT2D eigenvalue weighted by atomic mass is 15.6. The average molecular weight is 292 g/mol. The molecule has 0 atom stereocenters. The Labute approximate surface area is 134 Å². The van der Waals surface area contributed by atoms with E-state index in [9.17, 15) is 0 Å². The van der Waals surface area contributed by atoms with Gasteiger partial charge in [0.25, 0.3) is 0 Å². The fourth-order valence-corrected chi connectivity index (χ4v) is 2.45. The van der Waals surface area contributed by atoms with Crippen LogP contribution in [-0.4, -0.2) is 23.1 Å². The van der Waals surface area contributed by atoms with Crippen LogP contribution < -0.4 is 0 Å². The maximum Gasteiger partial charge on any atom is 0.0388 e. The molecule has 114 valence electrons. The van der Waals surface area contributed by atoms with E-state index in [4.69, 9.17) is 0 Å². The normalized spacial score (nSPS) is 10.8. The highest BCUT2D eigenvalue weighted by Gasteiger charge is 2.14. The molecule has 0 aromatic heterocycles. The van der Waals surface area contributed by atoms with Crippen molar-refractivity contribution in [3.8, 4) is 0 Å². The van der Waals surface area contributed by atoms with Gasteiger partial charge in [0.15, 0.2) is 0 Å². The van der Waals surface area contributed by atoms with Crippen molar-refractivity contribution >= 4 is 0 Å². The fraction of sp³-hybridized carbons (Fsp3) is 0.200. The number of hydrogen-bond acceptors (Lipinski definition) is 2. The first kappa shape index (κ1) is 16.2. The number of hydrazine groups is 1. The SMILES string of the molecule is C=CCN(CC=C)N(Cc1ccccc1)Cc1ccccc1. The molecule has 0 aliphatic rings. The molecular formula is C20H24N2. The zero-order chi connectivity index (χ0) is 15.6. The Hall–Kier alpha value is -2.16. The highest BCUT2D eigenvalue weighted by Crippen LogP contribution is 2.13. The number of nitrogens with zero attached hydrogens (tertiary/aromatic N) is 2. The van der Waals surface area contributed by atoms with Crippen molar-refractivity contribution in [3.63, 3.8) is 0 Å². The number of rotatable bonds is 9. The Morgan fingerprint density at radius 2 is 1.05 bits per heavy atom. The maximum absolute atomic E-state index is 3.88. The maximum atomic E-state index is 3.88. The molecule has 2 nitrogen and oxygen atoms in total. The Morgan fingerprint density at radius 3 is 1.41 bits per heavy atom. The second-order valence-electron chi connectivity index (χ2n) is 5.24. The van der Waals surface area contributed by atoms with Crippen LogP contribution in [0.25, 0.3) is 0 Å². The van der Waals surface area contributed by atoms with Crippen molar-refractivity contribution in [1.29, 1.82) is 0 Å². The van der Waals surface area contributed by atoms with Gasteiger partial charge in [0.05, 0.1) is 0 Å². The summed E-state index contributed by atoms with van der Waals surface area (Å²) in [7, 11) is 0. The van der Waals surface area contributed by atoms with Gasteiger partial charge in [-0.3, -0.25) is 0 Å². The van der Waals surface area contributed by atoms with E-state index in [1.54, 1.807) is 0 Å². The van der Waals surface area contributed by atoms with Gasteiger partial charge in [0.1, 0.15) is 0 Å². The first-order chi connectivity index (χ1) is 10.8. The Balaban J connectivity index is 2.18. The highest BCUT2D eigenvalue weighted by molar-refractivity contribution is 5.17. The van der Waals surface area contributed by atoms with Gasteiger partial charge in [-0.05, 0) is 11.1 Å². The second-order valence-corrected chi connectivity index (χ2v) is 5.24. The van der Waals surface area contributed by atoms with Gasteiger partial charge in [-0.2, -0.15) is 0 Å². The van der Waals surface area contributed by atoms with E-state index in [1.807, 2.05) is 12.2 Å². The van der Waals surface area contributed by atoms with Crippen LogP contribution in [0.2, 0.25) is 0 Å². The molecule has 0 saturated carbocycles. The smallest absolute Gasteiger partial charge is 0.0388 e. The van der Waals surface area contributed by atoms with E-state index in [0.29, 0.717) is 0 Å². The molecule has 0 spiro atoms. The molecule has 2 rings (SSSR count). The van der Waals surface area contributed by atoms with Gasteiger partial charge in [0, 0.05) is 26.2 Å². The third-order valence-electron chi connectivity index (χ3n) is 3.50. The second kappa shape index (κ2) is 8.98. The van der Waals surface area contributed by atoms with Gasteiger partial charge in [-0.15, -0.1) is 13.2 Å². The van der Waals surface area contributed by atoms with E-state index in [1.165, 1.54) is 11.1 Å². The van der Waals surface area contributed by atoms with Gasteiger partial charge in [0.2, 0.25) is 0 Å². The van der Waals surface area contributed by atoms with Crippen LogP contribution in [0.1, 0.15) is 11.1 Å². The van der Waals surface area contributed by atoms with Crippen LogP contribution in [0, 0.1) is 0 Å². The van der Waals surface area contributed by atoms with Crippen LogP contribution in [0.15, 0.2) is 86.0 Å². The van der Waals surface area contributed by atoms with E-state index >= 15 is 0 Å². The Bertz CT molecular complexity index is 511. The standard InChI is InChI=1S/C20H24N2/c1-3-15-21(16-4-2)22(17-19-11-7-5-8-12-19)18-20-13-9-6-10-14-20/h3-14H,1-2,15-18H2. The van der Waals surface area contributed by atoms with Crippen LogP contribution in [0.3, 0.4) is 0 Å². The van der Waals surface area contributed by atoms with Crippen molar-refractivity contribution in [2.45, 2.75) is 13.1 Å². The van der Waals surface area contributed by atoms with E-state index in [2.05, 4.69) is 83.8 Å². The van der Waals surface area contributed by atoms with Crippen molar-refractivity contribution < 1.29 is 0 Å². The lowest BCUT2D eigenvalue weighted by Crippen LogP contribution is -2.41. The molecule has 0 saturated heterocycles. The zero-order valence-corrected chi connectivity index (χ0v) is 13.1. The minimum Gasteiger partial charge on any atom is -0.234 e. The summed E-state index contributed by atoms with van der Waals surface area (Å²) < 4.78 is 0. The molecule has 0 fully saturated rings. The molecule has 0 aliphatic heterocycles. The minimum absolute atomic E-state index is 0.811. The molecule has 0 radical (unpaired) electrons. The van der Waals surface area contributed by atoms with Crippen LogP contribution in [-0.2, 0) is 13.1 Å². The van der Waals surface area contributed by atoms with Gasteiger partial charge < -0.3 is 0 Å². The van der Waals surface area contributed by atoms with Crippen molar-refractivity contribution in [2.75, 3.05) is 13.1 Å². The van der Waals surface area contributed by atoms with Crippen LogP contribution in [0.4, 0.5) is 0 Å². The largest absolute Gasteiger partial charge is 0.234 e. The lowest BCUT2D eigenvalue weighted by atomic mass is 10.2. The molecule has 0 amide bonds. The number of benzene rings is 2. The van der Waals surface area contributed by atoms with Gasteiger partial charge >= 0.3 is 0 Å². The summed E-state index contributed by atoms with van der Waals surface area (Å²) >= 11 is 0. The summed E-state index contributed by atoms with van der Waals surface area (Å²) in [6.07, 6.45) is 3.87. The van der Waals surface area contributed by atoms with Crippen LogP contribution >= 0.6 is 0 Å². The summed E-state index contributed by atoms with van der Waals surface area (Å²) in [5.41, 5.74) is 2.60. The fourth-order valence-electron chi connectivity index (χ4n) is 2.45. The third-order valence-corrected chi connectivity index (χ3v) is 3.50. The Kier molecular flexibility index (Phi) is 6.62. The topological polar surface area (TPSA) is 6.48 Å². The third kappa shape index (κ3) is 4.99. The van der Waals surface area contributed by atoms with Crippen molar-refractivity contribution in [1.82, 2.24) is 10.0 Å². The Morgan fingerprint density at radius 1 is 0.636 bits per heavy atom. The van der Waals surface area contributed by atoms with E-state index in [-0.39, 0.29) is 0 Å². The van der Waals surface area contributed by atoms with Gasteiger partial charge in [-0.1, -0.05) is 72.8 Å². The van der Waals surface area contributed by atoms with Crippen LogP contribution in [0.5, 0.6) is 0 Å². The predicted molar refractivity (Wildman–Crippen MR) is 94.1 cm³/mol. The van der Waals surface area contributed by atoms with Gasteiger partial charge in [-0.25, -0.2) is 10.0 Å². The molecule has 2 aromatic rings. The molecular weight excluding hydrogens is 268 g/mol.